The first-order valence-corrected chi connectivity index (χ1v) is 8.03. The summed E-state index contributed by atoms with van der Waals surface area (Å²) in [6, 6.07) is 0. The van der Waals surface area contributed by atoms with Gasteiger partial charge in [-0.25, -0.2) is 9.97 Å². The highest BCUT2D eigenvalue weighted by molar-refractivity contribution is 7.09. The lowest BCUT2D eigenvalue weighted by Crippen LogP contribution is -2.48. The monoisotopic (exact) mass is 291 g/mol. The first-order chi connectivity index (χ1) is 9.67. The van der Waals surface area contributed by atoms with E-state index in [9.17, 15) is 0 Å². The van der Waals surface area contributed by atoms with E-state index in [1.165, 1.54) is 17.4 Å². The number of hydrogen-bond acceptors (Lipinski definition) is 5. The van der Waals surface area contributed by atoms with Crippen molar-refractivity contribution >= 4 is 16.7 Å². The minimum atomic E-state index is 0.412. The Morgan fingerprint density at radius 2 is 2.20 bits per heavy atom. The molecule has 3 rings (SSSR count). The normalized spacial score (nSPS) is 15.9. The zero-order valence-electron chi connectivity index (χ0n) is 12.3. The molecule has 20 heavy (non-hydrogen) atoms. The second kappa shape index (κ2) is 5.52. The fraction of sp³-hybridized carbons (Fsp3) is 0.643. The quantitative estimate of drug-likeness (QED) is 0.849. The number of aromatic nitrogens is 4. The lowest BCUT2D eigenvalue weighted by molar-refractivity contribution is 0.352. The van der Waals surface area contributed by atoms with Crippen LogP contribution in [0.2, 0.25) is 0 Å². The van der Waals surface area contributed by atoms with Crippen LogP contribution in [0.25, 0.3) is 0 Å². The number of aryl methyl sites for hydroxylation is 1. The highest BCUT2D eigenvalue weighted by atomic mass is 32.1. The van der Waals surface area contributed by atoms with Gasteiger partial charge in [-0.3, -0.25) is 0 Å². The zero-order chi connectivity index (χ0) is 14.1. The molecular formula is C14H21N5S. The molecule has 0 bridgehead atoms. The molecule has 0 radical (unpaired) electrons. The highest BCUT2D eigenvalue weighted by Gasteiger charge is 2.30. The van der Waals surface area contributed by atoms with Gasteiger partial charge in [-0.05, 0) is 0 Å². The molecule has 1 fully saturated rings. The van der Waals surface area contributed by atoms with E-state index >= 15 is 0 Å². The van der Waals surface area contributed by atoms with Crippen LogP contribution in [-0.4, -0.2) is 32.0 Å². The summed E-state index contributed by atoms with van der Waals surface area (Å²) in [5, 5.41) is 1.08. The molecule has 1 saturated heterocycles. The van der Waals surface area contributed by atoms with Gasteiger partial charge in [-0.1, -0.05) is 20.8 Å². The van der Waals surface area contributed by atoms with Crippen molar-refractivity contribution in [2.75, 3.05) is 18.0 Å². The maximum Gasteiger partial charge on any atom is 0.205 e. The number of rotatable bonds is 5. The maximum atomic E-state index is 4.61. The lowest BCUT2D eigenvalue weighted by atomic mass is 10.0. The Kier molecular flexibility index (Phi) is 3.74. The van der Waals surface area contributed by atoms with Gasteiger partial charge >= 0.3 is 0 Å². The average molecular weight is 291 g/mol. The summed E-state index contributed by atoms with van der Waals surface area (Å²) in [6.07, 6.45) is 4.98. The van der Waals surface area contributed by atoms with E-state index in [1.807, 2.05) is 6.20 Å². The Morgan fingerprint density at radius 3 is 2.85 bits per heavy atom. The lowest BCUT2D eigenvalue weighted by Gasteiger charge is -2.39. The second-order valence-electron chi connectivity index (χ2n) is 5.71. The fourth-order valence-electron chi connectivity index (χ4n) is 2.53. The van der Waals surface area contributed by atoms with Crippen LogP contribution in [0.4, 0.5) is 5.13 Å². The number of hydrogen-bond donors (Lipinski definition) is 0. The largest absolute Gasteiger partial charge is 0.346 e. The van der Waals surface area contributed by atoms with Crippen molar-refractivity contribution < 1.29 is 0 Å². The minimum absolute atomic E-state index is 0.412. The van der Waals surface area contributed by atoms with E-state index in [2.05, 4.69) is 50.8 Å². The van der Waals surface area contributed by atoms with Crippen molar-refractivity contribution in [3.63, 3.8) is 0 Å². The molecular weight excluding hydrogens is 270 g/mol. The van der Waals surface area contributed by atoms with Crippen LogP contribution in [0.1, 0.15) is 38.3 Å². The van der Waals surface area contributed by atoms with Crippen LogP contribution >= 0.6 is 11.5 Å². The van der Waals surface area contributed by atoms with E-state index in [0.29, 0.717) is 11.8 Å². The zero-order valence-corrected chi connectivity index (χ0v) is 13.1. The van der Waals surface area contributed by atoms with Gasteiger partial charge in [-0.2, -0.15) is 4.37 Å². The summed E-state index contributed by atoms with van der Waals surface area (Å²) in [5.74, 6) is 3.26. The van der Waals surface area contributed by atoms with Gasteiger partial charge in [0.1, 0.15) is 11.6 Å². The van der Waals surface area contributed by atoms with Gasteiger partial charge in [-0.15, -0.1) is 0 Å². The van der Waals surface area contributed by atoms with Crippen LogP contribution in [0.3, 0.4) is 0 Å². The number of anilines is 1. The number of imidazole rings is 1. The summed E-state index contributed by atoms with van der Waals surface area (Å²) in [4.78, 5) is 11.3. The molecule has 3 heterocycles. The Morgan fingerprint density at radius 1 is 1.40 bits per heavy atom. The van der Waals surface area contributed by atoms with E-state index in [0.717, 1.165) is 37.0 Å². The van der Waals surface area contributed by atoms with E-state index in [4.69, 9.17) is 0 Å². The van der Waals surface area contributed by atoms with Gasteiger partial charge in [0.15, 0.2) is 0 Å². The van der Waals surface area contributed by atoms with Crippen LogP contribution < -0.4 is 4.90 Å². The highest BCUT2D eigenvalue weighted by Crippen LogP contribution is 2.28. The number of nitrogens with zero attached hydrogens (tertiary/aromatic N) is 5. The molecule has 1 aliphatic rings. The second-order valence-corrected chi connectivity index (χ2v) is 6.44. The molecule has 6 heteroatoms. The summed E-state index contributed by atoms with van der Waals surface area (Å²) < 4.78 is 6.70. The first kappa shape index (κ1) is 13.5. The molecule has 5 nitrogen and oxygen atoms in total. The van der Waals surface area contributed by atoms with Crippen LogP contribution in [0, 0.1) is 5.92 Å². The molecule has 1 aliphatic heterocycles. The van der Waals surface area contributed by atoms with E-state index < -0.39 is 0 Å². The molecule has 0 atom stereocenters. The third-order valence-electron chi connectivity index (χ3n) is 3.75. The Hall–Kier alpha value is -1.43. The Labute approximate surface area is 123 Å². The van der Waals surface area contributed by atoms with Crippen LogP contribution in [0.15, 0.2) is 12.4 Å². The van der Waals surface area contributed by atoms with E-state index in [-0.39, 0.29) is 0 Å². The first-order valence-electron chi connectivity index (χ1n) is 7.26. The summed E-state index contributed by atoms with van der Waals surface area (Å²) >= 11 is 1.53. The Bertz CT molecular complexity index is 568. The maximum absolute atomic E-state index is 4.61. The molecule has 0 aliphatic carbocycles. The van der Waals surface area contributed by atoms with Crippen molar-refractivity contribution in [3.05, 3.63) is 24.0 Å². The van der Waals surface area contributed by atoms with Gasteiger partial charge in [0, 0.05) is 61.8 Å². The SMILES string of the molecule is CCc1nccn1CC1CN(c2nc(C(C)C)ns2)C1. The minimum Gasteiger partial charge on any atom is -0.346 e. The molecule has 2 aromatic rings. The van der Waals surface area contributed by atoms with Gasteiger partial charge < -0.3 is 9.47 Å². The standard InChI is InChI=1S/C14H21N5S/c1-4-12-15-5-6-18(12)7-11-8-19(9-11)14-16-13(10(2)3)17-20-14/h5-6,10-11H,4,7-9H2,1-3H3. The van der Waals surface area contributed by atoms with Crippen molar-refractivity contribution in [1.29, 1.82) is 0 Å². The van der Waals surface area contributed by atoms with Gasteiger partial charge in [0.2, 0.25) is 5.13 Å². The molecule has 0 amide bonds. The summed E-state index contributed by atoms with van der Waals surface area (Å²) in [5.41, 5.74) is 0. The summed E-state index contributed by atoms with van der Waals surface area (Å²) in [7, 11) is 0. The molecule has 0 aromatic carbocycles. The van der Waals surface area contributed by atoms with Crippen molar-refractivity contribution in [2.45, 2.75) is 39.7 Å². The van der Waals surface area contributed by atoms with Gasteiger partial charge in [0.25, 0.3) is 0 Å². The third-order valence-corrected chi connectivity index (χ3v) is 4.54. The molecule has 0 saturated carbocycles. The molecule has 108 valence electrons. The smallest absolute Gasteiger partial charge is 0.205 e. The Balaban J connectivity index is 1.56. The predicted octanol–water partition coefficient (Wildman–Crippen LogP) is 2.56. The van der Waals surface area contributed by atoms with Crippen molar-refractivity contribution in [2.24, 2.45) is 5.92 Å². The summed E-state index contributed by atoms with van der Waals surface area (Å²) in [6.45, 7) is 9.64. The van der Waals surface area contributed by atoms with Crippen molar-refractivity contribution in [3.8, 4) is 0 Å². The predicted molar refractivity (Wildman–Crippen MR) is 81.3 cm³/mol. The molecule has 0 spiro atoms. The molecule has 0 unspecified atom stereocenters. The van der Waals surface area contributed by atoms with Crippen LogP contribution in [-0.2, 0) is 13.0 Å². The van der Waals surface area contributed by atoms with Crippen LogP contribution in [0.5, 0.6) is 0 Å². The molecule has 0 N–H and O–H groups in total. The fourth-order valence-corrected chi connectivity index (χ4v) is 3.36. The van der Waals surface area contributed by atoms with E-state index in [1.54, 1.807) is 0 Å². The van der Waals surface area contributed by atoms with Gasteiger partial charge in [0.05, 0.1) is 0 Å². The average Bonchev–Trinajstić information content (AvgIpc) is 3.01. The third kappa shape index (κ3) is 2.57. The van der Waals surface area contributed by atoms with Crippen molar-refractivity contribution in [1.82, 2.24) is 18.9 Å². The topological polar surface area (TPSA) is 46.8 Å². The molecule has 2 aromatic heterocycles.